The van der Waals surface area contributed by atoms with Crippen LogP contribution < -0.4 is 0 Å². The molecule has 0 spiro atoms. The van der Waals surface area contributed by atoms with E-state index in [-0.39, 0.29) is 11.3 Å². The van der Waals surface area contributed by atoms with Crippen molar-refractivity contribution in [3.8, 4) is 6.07 Å². The van der Waals surface area contributed by atoms with Gasteiger partial charge >= 0.3 is 0 Å². The molecule has 0 saturated carbocycles. The Morgan fingerprint density at radius 3 is 2.33 bits per heavy atom. The van der Waals surface area contributed by atoms with Crippen LogP contribution in [0.1, 0.15) is 22.3 Å². The van der Waals surface area contributed by atoms with Crippen molar-refractivity contribution in [3.63, 3.8) is 0 Å². The van der Waals surface area contributed by atoms with Gasteiger partial charge in [-0.25, -0.2) is 0 Å². The summed E-state index contributed by atoms with van der Waals surface area (Å²) in [4.78, 5) is 10.2. The minimum Gasteiger partial charge on any atom is -0.258 e. The van der Waals surface area contributed by atoms with Gasteiger partial charge in [-0.05, 0) is 28.8 Å². The van der Waals surface area contributed by atoms with Crippen molar-refractivity contribution in [2.75, 3.05) is 0 Å². The molecule has 0 aliphatic rings. The molecule has 0 aromatic heterocycles. The van der Waals surface area contributed by atoms with Gasteiger partial charge in [0, 0.05) is 11.4 Å². The Bertz CT molecular complexity index is 731. The molecule has 4 nitrogen and oxygen atoms in total. The highest BCUT2D eigenvalue weighted by molar-refractivity contribution is 9.08. The Labute approximate surface area is 130 Å². The highest BCUT2D eigenvalue weighted by atomic mass is 79.9. The van der Waals surface area contributed by atoms with Crippen LogP contribution in [-0.2, 0) is 5.33 Å². The van der Waals surface area contributed by atoms with Gasteiger partial charge in [-0.2, -0.15) is 5.26 Å². The molecule has 0 N–H and O–H groups in total. The number of alkyl halides is 1. The molecule has 0 radical (unpaired) electrons. The van der Waals surface area contributed by atoms with Crippen LogP contribution in [0.5, 0.6) is 0 Å². The molecular formula is C16H11BrN2O2. The maximum atomic E-state index is 10.8. The zero-order valence-electron chi connectivity index (χ0n) is 11.0. The lowest BCUT2D eigenvalue weighted by Gasteiger charge is -1.99. The number of hydrogen-bond acceptors (Lipinski definition) is 3. The van der Waals surface area contributed by atoms with Crippen molar-refractivity contribution in [1.82, 2.24) is 0 Å². The van der Waals surface area contributed by atoms with Crippen molar-refractivity contribution >= 4 is 33.8 Å². The summed E-state index contributed by atoms with van der Waals surface area (Å²) in [7, 11) is 0. The average molecular weight is 343 g/mol. The second-order valence-corrected chi connectivity index (χ2v) is 4.91. The average Bonchev–Trinajstić information content (AvgIpc) is 2.52. The number of hydrogen-bond donors (Lipinski definition) is 0. The van der Waals surface area contributed by atoms with E-state index in [0.29, 0.717) is 0 Å². The van der Waals surface area contributed by atoms with Gasteiger partial charge in [-0.15, -0.1) is 0 Å². The van der Waals surface area contributed by atoms with Gasteiger partial charge in [0.1, 0.15) is 11.6 Å². The highest BCUT2D eigenvalue weighted by Gasteiger charge is 2.12. The van der Waals surface area contributed by atoms with Crippen LogP contribution in [0.2, 0.25) is 0 Å². The number of nitriles is 1. The van der Waals surface area contributed by atoms with E-state index in [1.54, 1.807) is 6.07 Å². The molecule has 0 heterocycles. The van der Waals surface area contributed by atoms with E-state index in [4.69, 9.17) is 5.26 Å². The van der Waals surface area contributed by atoms with Gasteiger partial charge < -0.3 is 0 Å². The summed E-state index contributed by atoms with van der Waals surface area (Å²) in [5, 5.41) is 20.5. The summed E-state index contributed by atoms with van der Waals surface area (Å²) in [5.74, 6) is 0. The van der Waals surface area contributed by atoms with E-state index in [1.807, 2.05) is 42.5 Å². The van der Waals surface area contributed by atoms with E-state index >= 15 is 0 Å². The first-order valence-corrected chi connectivity index (χ1v) is 7.27. The van der Waals surface area contributed by atoms with Crippen molar-refractivity contribution in [2.24, 2.45) is 0 Å². The molecular weight excluding hydrogens is 332 g/mol. The van der Waals surface area contributed by atoms with Crippen molar-refractivity contribution in [1.29, 1.82) is 5.26 Å². The summed E-state index contributed by atoms with van der Waals surface area (Å²) >= 11 is 3.39. The summed E-state index contributed by atoms with van der Waals surface area (Å²) in [6, 6.07) is 14.4. The zero-order valence-corrected chi connectivity index (χ0v) is 12.6. The minimum atomic E-state index is -0.551. The first-order chi connectivity index (χ1) is 10.1. The largest absolute Gasteiger partial charge is 0.287 e. The molecule has 2 aromatic carbocycles. The molecule has 0 aliphatic carbocycles. The van der Waals surface area contributed by atoms with E-state index in [2.05, 4.69) is 15.9 Å². The monoisotopic (exact) mass is 342 g/mol. The fourth-order valence-electron chi connectivity index (χ4n) is 1.82. The van der Waals surface area contributed by atoms with Gasteiger partial charge in [0.15, 0.2) is 0 Å². The standard InChI is InChI=1S/C16H11BrN2O2/c17-10-14-5-2-12(3-6-14)1-4-13-7-8-16(19(20)21)15(9-13)11-18/h1-9H,10H2. The summed E-state index contributed by atoms with van der Waals surface area (Å²) in [5.41, 5.74) is 2.86. The number of nitrogens with zero attached hydrogens (tertiary/aromatic N) is 2. The molecule has 2 rings (SSSR count). The van der Waals surface area contributed by atoms with Crippen LogP contribution in [0.25, 0.3) is 12.2 Å². The van der Waals surface area contributed by atoms with Gasteiger partial charge in [-0.3, -0.25) is 10.1 Å². The molecule has 5 heteroatoms. The lowest BCUT2D eigenvalue weighted by molar-refractivity contribution is -0.385. The molecule has 21 heavy (non-hydrogen) atoms. The van der Waals surface area contributed by atoms with Crippen LogP contribution in [0, 0.1) is 21.4 Å². The Kier molecular flexibility index (Phi) is 4.85. The van der Waals surface area contributed by atoms with Crippen LogP contribution in [0.3, 0.4) is 0 Å². The predicted molar refractivity (Wildman–Crippen MR) is 85.8 cm³/mol. The third kappa shape index (κ3) is 3.77. The Balaban J connectivity index is 2.24. The van der Waals surface area contributed by atoms with Crippen molar-refractivity contribution < 1.29 is 4.92 Å². The quantitative estimate of drug-likeness (QED) is 0.354. The topological polar surface area (TPSA) is 66.9 Å². The predicted octanol–water partition coefficient (Wildman–Crippen LogP) is 4.53. The number of nitro groups is 1. The van der Waals surface area contributed by atoms with Crippen LogP contribution in [-0.4, -0.2) is 4.92 Å². The molecule has 0 atom stereocenters. The summed E-state index contributed by atoms with van der Waals surface area (Å²) < 4.78 is 0. The third-order valence-corrected chi connectivity index (χ3v) is 3.59. The fourth-order valence-corrected chi connectivity index (χ4v) is 2.19. The lowest BCUT2D eigenvalue weighted by atomic mass is 10.1. The Morgan fingerprint density at radius 2 is 1.76 bits per heavy atom. The van der Waals surface area contributed by atoms with Crippen LogP contribution >= 0.6 is 15.9 Å². The highest BCUT2D eigenvalue weighted by Crippen LogP contribution is 2.20. The van der Waals surface area contributed by atoms with Crippen LogP contribution in [0.4, 0.5) is 5.69 Å². The first-order valence-electron chi connectivity index (χ1n) is 6.15. The zero-order chi connectivity index (χ0) is 15.2. The molecule has 0 bridgehead atoms. The van der Waals surface area contributed by atoms with Gasteiger partial charge in [0.05, 0.1) is 4.92 Å². The number of nitro benzene ring substituents is 1. The third-order valence-electron chi connectivity index (χ3n) is 2.94. The van der Waals surface area contributed by atoms with Gasteiger partial charge in [-0.1, -0.05) is 52.3 Å². The molecule has 0 fully saturated rings. The molecule has 0 saturated heterocycles. The van der Waals surface area contributed by atoms with E-state index < -0.39 is 4.92 Å². The normalized spacial score (nSPS) is 10.5. The first kappa shape index (κ1) is 14.9. The second-order valence-electron chi connectivity index (χ2n) is 4.35. The second kappa shape index (κ2) is 6.82. The summed E-state index contributed by atoms with van der Waals surface area (Å²) in [6.07, 6.45) is 3.73. The summed E-state index contributed by atoms with van der Waals surface area (Å²) in [6.45, 7) is 0. The Morgan fingerprint density at radius 1 is 1.14 bits per heavy atom. The number of halogens is 1. The minimum absolute atomic E-state index is 0.0665. The fraction of sp³-hybridized carbons (Fsp3) is 0.0625. The van der Waals surface area contributed by atoms with E-state index in [1.165, 1.54) is 17.7 Å². The van der Waals surface area contributed by atoms with Crippen molar-refractivity contribution in [2.45, 2.75) is 5.33 Å². The number of rotatable bonds is 4. The lowest BCUT2D eigenvalue weighted by Crippen LogP contribution is -1.92. The van der Waals surface area contributed by atoms with Gasteiger partial charge in [0.25, 0.3) is 5.69 Å². The molecule has 0 unspecified atom stereocenters. The SMILES string of the molecule is N#Cc1cc(C=Cc2ccc(CBr)cc2)ccc1[N+](=O)[O-]. The molecule has 2 aromatic rings. The van der Waals surface area contributed by atoms with Gasteiger partial charge in [0.2, 0.25) is 0 Å². The maximum Gasteiger partial charge on any atom is 0.287 e. The van der Waals surface area contributed by atoms with Crippen LogP contribution in [0.15, 0.2) is 42.5 Å². The van der Waals surface area contributed by atoms with Crippen molar-refractivity contribution in [3.05, 3.63) is 74.8 Å². The van der Waals surface area contributed by atoms with E-state index in [0.717, 1.165) is 16.5 Å². The smallest absolute Gasteiger partial charge is 0.258 e. The maximum absolute atomic E-state index is 10.8. The molecule has 0 aliphatic heterocycles. The molecule has 104 valence electrons. The van der Waals surface area contributed by atoms with E-state index in [9.17, 15) is 10.1 Å². The molecule has 0 amide bonds. The Hall–Kier alpha value is -2.45. The number of benzene rings is 2.